The maximum Gasteiger partial charge on any atom is 0.216 e. The van der Waals surface area contributed by atoms with Crippen LogP contribution in [0.4, 0.5) is 0 Å². The van der Waals surface area contributed by atoms with E-state index in [1.165, 1.54) is 44.1 Å². The molecule has 49 heavy (non-hydrogen) atoms. The van der Waals surface area contributed by atoms with E-state index in [0.717, 1.165) is 34.0 Å². The fourth-order valence-corrected chi connectivity index (χ4v) is 7.23. The molecule has 5 nitrogen and oxygen atoms in total. The smallest absolute Gasteiger partial charge is 0.216 e. The summed E-state index contributed by atoms with van der Waals surface area (Å²) in [6.45, 7) is 32.0. The number of nitrogens with zero attached hydrogens (tertiary/aromatic N) is 3. The molecule has 5 heteroatoms. The summed E-state index contributed by atoms with van der Waals surface area (Å²) in [6.07, 6.45) is 1.99. The minimum Gasteiger partial charge on any atom is -0.475 e. The molecule has 0 saturated carbocycles. The van der Waals surface area contributed by atoms with Crippen molar-refractivity contribution in [2.75, 3.05) is 6.61 Å². The van der Waals surface area contributed by atoms with Gasteiger partial charge in [0.2, 0.25) is 5.90 Å². The van der Waals surface area contributed by atoms with Gasteiger partial charge in [0.05, 0.1) is 11.0 Å². The van der Waals surface area contributed by atoms with E-state index in [-0.39, 0.29) is 27.2 Å². The predicted molar refractivity (Wildman–Crippen MR) is 204 cm³/mol. The highest BCUT2D eigenvalue weighted by Gasteiger charge is 2.43. The van der Waals surface area contributed by atoms with E-state index >= 15 is 0 Å². The van der Waals surface area contributed by atoms with Gasteiger partial charge in [0, 0.05) is 39.6 Å². The summed E-state index contributed by atoms with van der Waals surface area (Å²) in [5.41, 5.74) is 10.0. The Hall–Kier alpha value is -4.12. The zero-order valence-corrected chi connectivity index (χ0v) is 32.1. The molecule has 2 aliphatic rings. The molecule has 0 radical (unpaired) electrons. The largest absolute Gasteiger partial charge is 0.475 e. The van der Waals surface area contributed by atoms with Gasteiger partial charge in [0.1, 0.15) is 29.5 Å². The van der Waals surface area contributed by atoms with Crippen molar-refractivity contribution in [2.24, 2.45) is 10.4 Å². The third kappa shape index (κ3) is 5.27. The van der Waals surface area contributed by atoms with Crippen LogP contribution in [0.25, 0.3) is 27.6 Å². The lowest BCUT2D eigenvalue weighted by Crippen LogP contribution is -2.39. The van der Waals surface area contributed by atoms with Gasteiger partial charge in [-0.2, -0.15) is 0 Å². The molecule has 7 rings (SSSR count). The Bertz CT molecular complexity index is 2210. The Balaban J connectivity index is 1.44. The first kappa shape index (κ1) is 33.4. The van der Waals surface area contributed by atoms with E-state index in [0.29, 0.717) is 12.5 Å². The summed E-state index contributed by atoms with van der Waals surface area (Å²) in [6, 6.07) is 18.1. The minimum absolute atomic E-state index is 0.00580. The molecule has 3 aromatic carbocycles. The van der Waals surface area contributed by atoms with E-state index < -0.39 is 0 Å². The molecule has 1 atom stereocenters. The molecule has 0 aliphatic carbocycles. The lowest BCUT2D eigenvalue weighted by atomic mass is 9.73. The minimum atomic E-state index is -0.301. The van der Waals surface area contributed by atoms with Gasteiger partial charge in [-0.05, 0) is 101 Å². The second kappa shape index (κ2) is 10.4. The molecule has 2 aromatic heterocycles. The Morgan fingerprint density at radius 2 is 1.43 bits per heavy atom. The van der Waals surface area contributed by atoms with Crippen LogP contribution in [0.5, 0.6) is 11.5 Å². The van der Waals surface area contributed by atoms with Crippen molar-refractivity contribution in [3.63, 3.8) is 0 Å². The zero-order chi connectivity index (χ0) is 35.6. The van der Waals surface area contributed by atoms with Crippen LogP contribution in [0.3, 0.4) is 0 Å². The number of hydrogen-bond donors (Lipinski definition) is 0. The number of ether oxygens (including phenoxy) is 2. The van der Waals surface area contributed by atoms with Gasteiger partial charge in [-0.15, -0.1) is 0 Å². The molecule has 0 saturated heterocycles. The quantitative estimate of drug-likeness (QED) is 0.194. The molecule has 0 amide bonds. The number of aromatic nitrogens is 2. The van der Waals surface area contributed by atoms with Crippen molar-refractivity contribution in [2.45, 2.75) is 119 Å². The summed E-state index contributed by atoms with van der Waals surface area (Å²) in [5, 5.41) is 2.49. The first-order chi connectivity index (χ1) is 22.6. The highest BCUT2D eigenvalue weighted by atomic mass is 16.5. The molecular formula is C44H53N3O2. The van der Waals surface area contributed by atoms with Crippen LogP contribution < -0.4 is 4.74 Å². The summed E-state index contributed by atoms with van der Waals surface area (Å²) < 4.78 is 15.6. The van der Waals surface area contributed by atoms with Crippen molar-refractivity contribution >= 4 is 27.7 Å². The highest BCUT2D eigenvalue weighted by molar-refractivity contribution is 6.12. The molecule has 0 unspecified atom stereocenters. The second-order valence-corrected chi connectivity index (χ2v) is 18.5. The monoisotopic (exact) mass is 655 g/mol. The third-order valence-corrected chi connectivity index (χ3v) is 11.3. The van der Waals surface area contributed by atoms with Crippen molar-refractivity contribution in [3.8, 4) is 17.3 Å². The Morgan fingerprint density at radius 1 is 0.755 bits per heavy atom. The van der Waals surface area contributed by atoms with Gasteiger partial charge in [-0.25, -0.2) is 9.98 Å². The van der Waals surface area contributed by atoms with Crippen LogP contribution in [0.15, 0.2) is 59.7 Å². The average Bonchev–Trinajstić information content (AvgIpc) is 3.54. The third-order valence-electron chi connectivity index (χ3n) is 11.3. The molecule has 0 bridgehead atoms. The van der Waals surface area contributed by atoms with Crippen molar-refractivity contribution in [3.05, 3.63) is 93.7 Å². The number of pyridine rings is 1. The van der Waals surface area contributed by atoms with Crippen LogP contribution in [-0.2, 0) is 21.0 Å². The van der Waals surface area contributed by atoms with Gasteiger partial charge in [0.15, 0.2) is 0 Å². The molecule has 0 N–H and O–H groups in total. The maximum atomic E-state index is 6.90. The van der Waals surface area contributed by atoms with Crippen LogP contribution in [0, 0.1) is 19.3 Å². The summed E-state index contributed by atoms with van der Waals surface area (Å²) in [4.78, 5) is 10.2. The Morgan fingerprint density at radius 3 is 2.06 bits per heavy atom. The number of aliphatic imine (C=N–C) groups is 1. The van der Waals surface area contributed by atoms with Crippen LogP contribution in [0.1, 0.15) is 122 Å². The maximum absolute atomic E-state index is 6.90. The normalized spacial score (nSPS) is 18.9. The first-order valence-electron chi connectivity index (χ1n) is 17.8. The standard InChI is InChI=1S/C44H53N3O2/c1-25-15-34-38(45-23-25)47-35-22-36(26(2)16-31(35)32-20-29(41(6,7)8)21-33(37(32)47)43(34,12)13)49-30-18-27(17-28(19-30)40(3,4)5)39-46-44(14,24-48-39)42(9,10)11/h15-23H,24H2,1-14H3/t44-/m0/s1. The Kier molecular flexibility index (Phi) is 7.12. The SMILES string of the molecule is Cc1cnc2c(c1)C(C)(C)c1cc(C(C)(C)C)cc3c4cc(C)c(Oc5cc(C6=N[C@](C)(C(C)(C)C)CO6)cc(C(C)(C)C)c5)cc4n-2c13. The summed E-state index contributed by atoms with van der Waals surface area (Å²) in [7, 11) is 0. The van der Waals surface area contributed by atoms with Gasteiger partial charge >= 0.3 is 0 Å². The van der Waals surface area contributed by atoms with E-state index in [9.17, 15) is 0 Å². The van der Waals surface area contributed by atoms with Crippen molar-refractivity contribution in [1.29, 1.82) is 0 Å². The van der Waals surface area contributed by atoms with E-state index in [1.807, 2.05) is 6.20 Å². The van der Waals surface area contributed by atoms with E-state index in [4.69, 9.17) is 19.5 Å². The van der Waals surface area contributed by atoms with Gasteiger partial charge in [-0.3, -0.25) is 4.57 Å². The molecular weight excluding hydrogens is 603 g/mol. The number of aryl methyl sites for hydroxylation is 2. The zero-order valence-electron chi connectivity index (χ0n) is 32.1. The summed E-state index contributed by atoms with van der Waals surface area (Å²) in [5.74, 6) is 3.29. The van der Waals surface area contributed by atoms with Gasteiger partial charge < -0.3 is 9.47 Å². The molecule has 2 aliphatic heterocycles. The van der Waals surface area contributed by atoms with Crippen LogP contribution in [0.2, 0.25) is 0 Å². The van der Waals surface area contributed by atoms with Crippen molar-refractivity contribution in [1.82, 2.24) is 9.55 Å². The van der Waals surface area contributed by atoms with Crippen molar-refractivity contribution < 1.29 is 9.47 Å². The number of fused-ring (bicyclic) bond motifs is 5. The fraction of sp³-hybridized carbons (Fsp3) is 0.455. The molecule has 4 heterocycles. The fourth-order valence-electron chi connectivity index (χ4n) is 7.23. The molecule has 5 aromatic rings. The molecule has 0 fully saturated rings. The first-order valence-corrected chi connectivity index (χ1v) is 17.8. The summed E-state index contributed by atoms with van der Waals surface area (Å²) >= 11 is 0. The number of benzene rings is 3. The number of hydrogen-bond acceptors (Lipinski definition) is 4. The van der Waals surface area contributed by atoms with E-state index in [2.05, 4.69) is 150 Å². The average molecular weight is 656 g/mol. The van der Waals surface area contributed by atoms with E-state index in [1.54, 1.807) is 0 Å². The predicted octanol–water partition coefficient (Wildman–Crippen LogP) is 11.4. The molecule has 256 valence electrons. The highest BCUT2D eigenvalue weighted by Crippen LogP contribution is 2.50. The number of rotatable bonds is 3. The van der Waals surface area contributed by atoms with Gasteiger partial charge in [-0.1, -0.05) is 82.2 Å². The molecule has 0 spiro atoms. The lowest BCUT2D eigenvalue weighted by Gasteiger charge is -2.35. The Labute approximate surface area is 292 Å². The second-order valence-electron chi connectivity index (χ2n) is 18.5. The van der Waals surface area contributed by atoms with Crippen LogP contribution in [-0.4, -0.2) is 27.6 Å². The topological polar surface area (TPSA) is 48.6 Å². The van der Waals surface area contributed by atoms with Gasteiger partial charge in [0.25, 0.3) is 0 Å². The van der Waals surface area contributed by atoms with Crippen LogP contribution >= 0.6 is 0 Å². The lowest BCUT2D eigenvalue weighted by molar-refractivity contribution is 0.154.